The van der Waals surface area contributed by atoms with Crippen molar-refractivity contribution in [3.05, 3.63) is 20.8 Å². The normalized spacial score (nSPS) is 17.5. The van der Waals surface area contributed by atoms with Gasteiger partial charge in [0.05, 0.1) is 5.39 Å². The van der Waals surface area contributed by atoms with E-state index in [-0.39, 0.29) is 10.3 Å². The van der Waals surface area contributed by atoms with Crippen molar-refractivity contribution >= 4 is 45.0 Å². The van der Waals surface area contributed by atoms with Gasteiger partial charge in [0, 0.05) is 21.1 Å². The molecule has 0 fully saturated rings. The Morgan fingerprint density at radius 2 is 2.27 bits per heavy atom. The van der Waals surface area contributed by atoms with Crippen LogP contribution in [0, 0.1) is 0 Å². The van der Waals surface area contributed by atoms with Crippen LogP contribution in [-0.4, -0.2) is 20.4 Å². The highest BCUT2D eigenvalue weighted by Crippen LogP contribution is 2.43. The van der Waals surface area contributed by atoms with Crippen LogP contribution < -0.4 is 11.0 Å². The fourth-order valence-electron chi connectivity index (χ4n) is 2.43. The minimum atomic E-state index is -0.0722. The molecule has 0 spiro atoms. The molecule has 2 aromatic heterocycles. The van der Waals surface area contributed by atoms with E-state index in [1.165, 1.54) is 10.4 Å². The lowest BCUT2D eigenvalue weighted by molar-refractivity contribution is 0.699. The number of hydrazone groups is 1. The molecule has 22 heavy (non-hydrogen) atoms. The summed E-state index contributed by atoms with van der Waals surface area (Å²) in [6, 6.07) is 0. The highest BCUT2D eigenvalue weighted by molar-refractivity contribution is 8.00. The zero-order valence-electron chi connectivity index (χ0n) is 13.2. The molecule has 118 valence electrons. The average molecular weight is 336 g/mol. The maximum Gasteiger partial charge on any atom is 0.261 e. The van der Waals surface area contributed by atoms with Gasteiger partial charge in [0.25, 0.3) is 5.56 Å². The van der Waals surface area contributed by atoms with Gasteiger partial charge in [0.1, 0.15) is 4.83 Å². The van der Waals surface area contributed by atoms with E-state index in [0.29, 0.717) is 5.95 Å². The minimum absolute atomic E-state index is 0.0722. The van der Waals surface area contributed by atoms with Crippen molar-refractivity contribution in [2.75, 3.05) is 5.43 Å². The summed E-state index contributed by atoms with van der Waals surface area (Å²) in [4.78, 5) is 21.9. The summed E-state index contributed by atoms with van der Waals surface area (Å²) in [5, 5.41) is 4.96. The molecule has 1 aliphatic rings. The number of anilines is 1. The van der Waals surface area contributed by atoms with E-state index < -0.39 is 0 Å². The first-order valence-electron chi connectivity index (χ1n) is 7.37. The second kappa shape index (κ2) is 5.70. The summed E-state index contributed by atoms with van der Waals surface area (Å²) < 4.78 is 0.174. The number of hydrogen-bond donors (Lipinski definition) is 2. The Balaban J connectivity index is 2.05. The molecule has 0 bridgehead atoms. The van der Waals surface area contributed by atoms with Gasteiger partial charge < -0.3 is 0 Å². The number of thiophene rings is 1. The van der Waals surface area contributed by atoms with Crippen molar-refractivity contribution in [3.8, 4) is 0 Å². The number of aromatic nitrogens is 2. The van der Waals surface area contributed by atoms with Gasteiger partial charge in [-0.3, -0.25) is 9.78 Å². The van der Waals surface area contributed by atoms with E-state index in [1.54, 1.807) is 11.3 Å². The minimum Gasteiger partial charge on any atom is -0.291 e. The Hall–Kier alpha value is -1.34. The Bertz CT molecular complexity index is 804. The molecule has 2 N–H and O–H groups in total. The van der Waals surface area contributed by atoms with Crippen LogP contribution in [0.2, 0.25) is 0 Å². The lowest BCUT2D eigenvalue weighted by Crippen LogP contribution is -2.23. The summed E-state index contributed by atoms with van der Waals surface area (Å²) in [6.07, 6.45) is 1.77. The zero-order valence-corrected chi connectivity index (χ0v) is 14.9. The van der Waals surface area contributed by atoms with Crippen LogP contribution in [0.3, 0.4) is 0 Å². The first-order valence-corrected chi connectivity index (χ1v) is 9.17. The van der Waals surface area contributed by atoms with Crippen molar-refractivity contribution < 1.29 is 0 Å². The van der Waals surface area contributed by atoms with Gasteiger partial charge in [-0.25, -0.2) is 10.4 Å². The zero-order chi connectivity index (χ0) is 15.9. The smallest absolute Gasteiger partial charge is 0.261 e. The first-order chi connectivity index (χ1) is 10.4. The molecule has 7 heteroatoms. The van der Waals surface area contributed by atoms with Gasteiger partial charge in [-0.1, -0.05) is 20.8 Å². The number of thioether (sulfide) groups is 1. The summed E-state index contributed by atoms with van der Waals surface area (Å²) in [5.74, 6) is 1.37. The van der Waals surface area contributed by atoms with Crippen LogP contribution in [0.1, 0.15) is 44.6 Å². The van der Waals surface area contributed by atoms with Crippen molar-refractivity contribution in [2.24, 2.45) is 5.10 Å². The number of hydrogen-bond acceptors (Lipinski definition) is 6. The Labute approximate surface area is 137 Å². The van der Waals surface area contributed by atoms with Crippen LogP contribution in [0.5, 0.6) is 0 Å². The highest BCUT2D eigenvalue weighted by atomic mass is 32.2. The summed E-state index contributed by atoms with van der Waals surface area (Å²) >= 11 is 3.57. The molecular weight excluding hydrogens is 316 g/mol. The molecule has 3 rings (SSSR count). The van der Waals surface area contributed by atoms with E-state index >= 15 is 0 Å². The number of fused-ring (bicyclic) bond motifs is 3. The second-order valence-electron chi connectivity index (χ2n) is 6.14. The topological polar surface area (TPSA) is 70.1 Å². The number of aromatic amines is 1. The monoisotopic (exact) mass is 336 g/mol. The molecule has 5 nitrogen and oxygen atoms in total. The maximum absolute atomic E-state index is 12.5. The van der Waals surface area contributed by atoms with Crippen LogP contribution in [0.25, 0.3) is 10.2 Å². The SMILES string of the molecule is CC/C(C)=N/Nc1nc2sc3c(c2c(=O)[nH]1)CC(C)(C)SC3. The molecule has 2 aromatic rings. The van der Waals surface area contributed by atoms with Gasteiger partial charge in [-0.05, 0) is 25.3 Å². The van der Waals surface area contributed by atoms with Crippen LogP contribution in [-0.2, 0) is 12.2 Å². The first kappa shape index (κ1) is 15.6. The molecule has 0 unspecified atom stereocenters. The van der Waals surface area contributed by atoms with E-state index in [1.807, 2.05) is 25.6 Å². The number of rotatable bonds is 3. The molecule has 0 atom stereocenters. The van der Waals surface area contributed by atoms with Crippen molar-refractivity contribution in [1.29, 1.82) is 0 Å². The van der Waals surface area contributed by atoms with Crippen LogP contribution in [0.4, 0.5) is 5.95 Å². The van der Waals surface area contributed by atoms with E-state index in [2.05, 4.69) is 34.3 Å². The Morgan fingerprint density at radius 3 is 3.00 bits per heavy atom. The molecule has 0 saturated heterocycles. The fraction of sp³-hybridized carbons (Fsp3) is 0.533. The summed E-state index contributed by atoms with van der Waals surface area (Å²) in [6.45, 7) is 8.42. The summed E-state index contributed by atoms with van der Waals surface area (Å²) in [7, 11) is 0. The quantitative estimate of drug-likeness (QED) is 0.661. The highest BCUT2D eigenvalue weighted by Gasteiger charge is 2.30. The molecule has 0 amide bonds. The molecular formula is C15H20N4OS2. The Kier molecular flexibility index (Phi) is 4.03. The van der Waals surface area contributed by atoms with Crippen molar-refractivity contribution in [2.45, 2.75) is 51.0 Å². The van der Waals surface area contributed by atoms with E-state index in [4.69, 9.17) is 0 Å². The molecule has 1 aliphatic heterocycles. The predicted octanol–water partition coefficient (Wildman–Crippen LogP) is 3.75. The van der Waals surface area contributed by atoms with E-state index in [0.717, 1.165) is 34.5 Å². The third-order valence-electron chi connectivity index (χ3n) is 3.81. The van der Waals surface area contributed by atoms with Crippen molar-refractivity contribution in [3.63, 3.8) is 0 Å². The third kappa shape index (κ3) is 2.92. The lowest BCUT2D eigenvalue weighted by atomic mass is 10.00. The van der Waals surface area contributed by atoms with Crippen molar-refractivity contribution in [1.82, 2.24) is 9.97 Å². The Morgan fingerprint density at radius 1 is 1.50 bits per heavy atom. The van der Waals surface area contributed by atoms with Gasteiger partial charge in [0.2, 0.25) is 5.95 Å². The van der Waals surface area contributed by atoms with Gasteiger partial charge >= 0.3 is 0 Å². The third-order valence-corrected chi connectivity index (χ3v) is 6.47. The molecule has 0 aromatic carbocycles. The van der Waals surface area contributed by atoms with Gasteiger partial charge in [-0.15, -0.1) is 23.1 Å². The maximum atomic E-state index is 12.5. The van der Waals surface area contributed by atoms with Crippen LogP contribution in [0.15, 0.2) is 9.90 Å². The number of nitrogens with one attached hydrogen (secondary N) is 2. The molecule has 3 heterocycles. The second-order valence-corrected chi connectivity index (χ2v) is 8.90. The molecule has 0 radical (unpaired) electrons. The van der Waals surface area contributed by atoms with E-state index in [9.17, 15) is 4.79 Å². The largest absolute Gasteiger partial charge is 0.291 e. The summed E-state index contributed by atoms with van der Waals surface area (Å²) in [5.41, 5.74) is 4.92. The fourth-order valence-corrected chi connectivity index (χ4v) is 4.77. The standard InChI is InChI=1S/C15H20N4OS2/c1-5-8(2)18-19-14-16-12(20)11-9-6-15(3,4)21-7-10(9)22-13(11)17-14/h5-7H2,1-4H3,(H2,16,17,19,20)/b18-8+. The van der Waals surface area contributed by atoms with Gasteiger partial charge in [-0.2, -0.15) is 5.10 Å². The molecule has 0 aliphatic carbocycles. The predicted molar refractivity (Wildman–Crippen MR) is 96.3 cm³/mol. The number of H-pyrrole nitrogens is 1. The molecule has 0 saturated carbocycles. The number of nitrogens with zero attached hydrogens (tertiary/aromatic N) is 2. The van der Waals surface area contributed by atoms with Gasteiger partial charge in [0.15, 0.2) is 0 Å². The van der Waals surface area contributed by atoms with Crippen LogP contribution >= 0.6 is 23.1 Å². The average Bonchev–Trinajstić information content (AvgIpc) is 2.81. The lowest BCUT2D eigenvalue weighted by Gasteiger charge is -2.28.